The zero-order chi connectivity index (χ0) is 20.8. The standard InChI is InChI=1S/C20H19F3N4O2/c1-25-8-10-26(11-9-25)19(29)16-12-13-2-7-17(28)27(18(13)24-16)15-5-3-14(4-6-15)20(21,22)23/h2-7,12,24H,8-11H2,1H3. The summed E-state index contributed by atoms with van der Waals surface area (Å²) in [5.74, 6) is -0.166. The predicted molar refractivity (Wildman–Crippen MR) is 102 cm³/mol. The monoisotopic (exact) mass is 404 g/mol. The van der Waals surface area contributed by atoms with Gasteiger partial charge in [0, 0.05) is 37.6 Å². The number of pyridine rings is 1. The van der Waals surface area contributed by atoms with Gasteiger partial charge in [0.15, 0.2) is 0 Å². The van der Waals surface area contributed by atoms with Crippen LogP contribution in [0.5, 0.6) is 0 Å². The molecule has 29 heavy (non-hydrogen) atoms. The highest BCUT2D eigenvalue weighted by Gasteiger charge is 2.30. The van der Waals surface area contributed by atoms with E-state index < -0.39 is 17.3 Å². The Labute approximate surface area is 164 Å². The zero-order valence-corrected chi connectivity index (χ0v) is 15.7. The van der Waals surface area contributed by atoms with Crippen LogP contribution in [0.4, 0.5) is 13.2 Å². The number of amides is 1. The molecule has 9 heteroatoms. The van der Waals surface area contributed by atoms with E-state index in [2.05, 4.69) is 9.88 Å². The molecule has 3 aromatic rings. The third-order valence-electron chi connectivity index (χ3n) is 5.15. The van der Waals surface area contributed by atoms with E-state index in [1.807, 2.05) is 7.05 Å². The molecule has 1 saturated heterocycles. The number of nitrogens with one attached hydrogen (secondary N) is 1. The van der Waals surface area contributed by atoms with Crippen LogP contribution in [0.25, 0.3) is 16.7 Å². The van der Waals surface area contributed by atoms with E-state index in [4.69, 9.17) is 0 Å². The molecular formula is C20H19F3N4O2. The summed E-state index contributed by atoms with van der Waals surface area (Å²) in [7, 11) is 1.99. The summed E-state index contributed by atoms with van der Waals surface area (Å²) >= 11 is 0. The van der Waals surface area contributed by atoms with Gasteiger partial charge in [0.2, 0.25) is 0 Å². The lowest BCUT2D eigenvalue weighted by atomic mass is 10.2. The van der Waals surface area contributed by atoms with Crippen LogP contribution in [0, 0.1) is 0 Å². The van der Waals surface area contributed by atoms with Gasteiger partial charge in [0.1, 0.15) is 11.3 Å². The summed E-state index contributed by atoms with van der Waals surface area (Å²) < 4.78 is 39.8. The second-order valence-electron chi connectivity index (χ2n) is 7.13. The fraction of sp³-hybridized carbons (Fsp3) is 0.300. The van der Waals surface area contributed by atoms with Crippen molar-refractivity contribution in [2.75, 3.05) is 33.2 Å². The fourth-order valence-electron chi connectivity index (χ4n) is 3.47. The van der Waals surface area contributed by atoms with Crippen LogP contribution in [-0.2, 0) is 6.18 Å². The molecule has 1 aromatic carbocycles. The van der Waals surface area contributed by atoms with Gasteiger partial charge in [-0.15, -0.1) is 0 Å². The Balaban J connectivity index is 1.73. The van der Waals surface area contributed by atoms with Crippen LogP contribution in [0.3, 0.4) is 0 Å². The smallest absolute Gasteiger partial charge is 0.336 e. The van der Waals surface area contributed by atoms with Gasteiger partial charge >= 0.3 is 6.18 Å². The van der Waals surface area contributed by atoms with Gasteiger partial charge < -0.3 is 14.8 Å². The normalized spacial score (nSPS) is 15.8. The van der Waals surface area contributed by atoms with Gasteiger partial charge in [-0.1, -0.05) is 0 Å². The van der Waals surface area contributed by atoms with Crippen LogP contribution in [0.1, 0.15) is 16.1 Å². The Morgan fingerprint density at radius 2 is 1.66 bits per heavy atom. The highest BCUT2D eigenvalue weighted by atomic mass is 19.4. The second kappa shape index (κ2) is 7.07. The third kappa shape index (κ3) is 3.65. The first-order valence-corrected chi connectivity index (χ1v) is 9.14. The molecule has 0 saturated carbocycles. The molecule has 152 valence electrons. The predicted octanol–water partition coefficient (Wildman–Crippen LogP) is 2.73. The van der Waals surface area contributed by atoms with Crippen molar-refractivity contribution in [3.05, 3.63) is 64.1 Å². The van der Waals surface area contributed by atoms with E-state index in [1.54, 1.807) is 17.0 Å². The number of nitrogens with zero attached hydrogens (tertiary/aromatic N) is 3. The van der Waals surface area contributed by atoms with E-state index in [0.29, 0.717) is 29.8 Å². The number of carbonyl (C=O) groups excluding carboxylic acids is 1. The summed E-state index contributed by atoms with van der Waals surface area (Å²) in [4.78, 5) is 32.1. The number of alkyl halides is 3. The fourth-order valence-corrected chi connectivity index (χ4v) is 3.47. The van der Waals surface area contributed by atoms with E-state index in [1.165, 1.54) is 22.8 Å². The van der Waals surface area contributed by atoms with Crippen molar-refractivity contribution >= 4 is 16.9 Å². The van der Waals surface area contributed by atoms with Gasteiger partial charge in [-0.2, -0.15) is 13.2 Å². The van der Waals surface area contributed by atoms with Gasteiger partial charge in [0.05, 0.1) is 11.3 Å². The minimum Gasteiger partial charge on any atom is -0.336 e. The molecule has 0 unspecified atom stereocenters. The van der Waals surface area contributed by atoms with Crippen molar-refractivity contribution < 1.29 is 18.0 Å². The van der Waals surface area contributed by atoms with E-state index in [-0.39, 0.29) is 11.6 Å². The van der Waals surface area contributed by atoms with Crippen molar-refractivity contribution in [2.45, 2.75) is 6.18 Å². The van der Waals surface area contributed by atoms with Gasteiger partial charge in [-0.25, -0.2) is 0 Å². The Bertz CT molecular complexity index is 1110. The average molecular weight is 404 g/mol. The molecule has 4 rings (SSSR count). The molecule has 0 spiro atoms. The number of benzene rings is 1. The van der Waals surface area contributed by atoms with Crippen molar-refractivity contribution in [3.63, 3.8) is 0 Å². The number of hydrogen-bond donors (Lipinski definition) is 1. The lowest BCUT2D eigenvalue weighted by Gasteiger charge is -2.32. The van der Waals surface area contributed by atoms with Gasteiger partial charge in [0.25, 0.3) is 11.5 Å². The third-order valence-corrected chi connectivity index (χ3v) is 5.15. The Morgan fingerprint density at radius 1 is 1.00 bits per heavy atom. The van der Waals surface area contributed by atoms with Crippen molar-refractivity contribution in [3.8, 4) is 5.69 Å². The highest BCUT2D eigenvalue weighted by molar-refractivity contribution is 5.97. The molecule has 3 heterocycles. The molecule has 1 N–H and O–H groups in total. The maximum Gasteiger partial charge on any atom is 0.416 e. The van der Waals surface area contributed by atoms with E-state index >= 15 is 0 Å². The molecule has 6 nitrogen and oxygen atoms in total. The summed E-state index contributed by atoms with van der Waals surface area (Å²) in [5, 5.41) is 0.627. The number of aromatic nitrogens is 2. The first-order chi connectivity index (χ1) is 13.7. The van der Waals surface area contributed by atoms with Gasteiger partial charge in [-0.3, -0.25) is 14.2 Å². The second-order valence-corrected chi connectivity index (χ2v) is 7.13. The van der Waals surface area contributed by atoms with Crippen molar-refractivity contribution in [1.82, 2.24) is 19.4 Å². The van der Waals surface area contributed by atoms with Crippen molar-refractivity contribution in [2.24, 2.45) is 0 Å². The van der Waals surface area contributed by atoms with Gasteiger partial charge in [-0.05, 0) is 43.4 Å². The Morgan fingerprint density at radius 3 is 2.28 bits per heavy atom. The van der Waals surface area contributed by atoms with E-state index in [0.717, 1.165) is 25.2 Å². The molecule has 0 aliphatic carbocycles. The van der Waals surface area contributed by atoms with Crippen LogP contribution in [0.2, 0.25) is 0 Å². The molecule has 1 fully saturated rings. The van der Waals surface area contributed by atoms with E-state index in [9.17, 15) is 22.8 Å². The summed E-state index contributed by atoms with van der Waals surface area (Å²) in [6.45, 7) is 2.78. The van der Waals surface area contributed by atoms with Crippen LogP contribution in [-0.4, -0.2) is 58.5 Å². The maximum atomic E-state index is 12.8. The molecule has 1 aliphatic rings. The summed E-state index contributed by atoms with van der Waals surface area (Å²) in [6, 6.07) is 8.93. The highest BCUT2D eigenvalue weighted by Crippen LogP contribution is 2.30. The molecule has 0 radical (unpaired) electrons. The number of fused-ring (bicyclic) bond motifs is 1. The van der Waals surface area contributed by atoms with Crippen LogP contribution in [0.15, 0.2) is 47.3 Å². The minimum atomic E-state index is -4.45. The van der Waals surface area contributed by atoms with Crippen LogP contribution < -0.4 is 5.56 Å². The topological polar surface area (TPSA) is 61.3 Å². The number of hydrogen-bond acceptors (Lipinski definition) is 3. The number of likely N-dealkylation sites (N-methyl/N-ethyl adjacent to an activating group) is 1. The Hall–Kier alpha value is -3.07. The Kier molecular flexibility index (Phi) is 4.70. The lowest BCUT2D eigenvalue weighted by Crippen LogP contribution is -2.47. The first-order valence-electron chi connectivity index (χ1n) is 9.14. The summed E-state index contributed by atoms with van der Waals surface area (Å²) in [5.41, 5.74) is -0.198. The molecule has 0 atom stereocenters. The number of halogens is 3. The molecule has 2 aromatic heterocycles. The SMILES string of the molecule is CN1CCN(C(=O)c2cc3ccc(=O)n(-c4ccc(C(F)(F)F)cc4)c3[nH]2)CC1. The molecule has 0 bridgehead atoms. The average Bonchev–Trinajstić information content (AvgIpc) is 3.11. The summed E-state index contributed by atoms with van der Waals surface area (Å²) in [6.07, 6.45) is -4.45. The lowest BCUT2D eigenvalue weighted by molar-refractivity contribution is -0.137. The largest absolute Gasteiger partial charge is 0.416 e. The maximum absolute atomic E-state index is 12.8. The number of piperazine rings is 1. The van der Waals surface area contributed by atoms with Crippen LogP contribution >= 0.6 is 0 Å². The van der Waals surface area contributed by atoms with Crippen molar-refractivity contribution in [1.29, 1.82) is 0 Å². The zero-order valence-electron chi connectivity index (χ0n) is 15.7. The molecule has 1 amide bonds. The first kappa shape index (κ1) is 19.3. The quantitative estimate of drug-likeness (QED) is 0.715. The number of rotatable bonds is 2. The molecule has 1 aliphatic heterocycles. The minimum absolute atomic E-state index is 0.166. The number of carbonyl (C=O) groups is 1. The molecular weight excluding hydrogens is 385 g/mol. The number of H-pyrrole nitrogens is 1. The number of aromatic amines is 1.